The molecule has 0 fully saturated rings. The molecule has 1 aromatic carbocycles. The van der Waals surface area contributed by atoms with E-state index in [0.717, 1.165) is 11.4 Å². The second-order valence-corrected chi connectivity index (χ2v) is 5.99. The number of aryl methyl sites for hydroxylation is 2. The van der Waals surface area contributed by atoms with Gasteiger partial charge in [0.15, 0.2) is 0 Å². The van der Waals surface area contributed by atoms with Crippen molar-refractivity contribution in [1.29, 1.82) is 0 Å². The van der Waals surface area contributed by atoms with Crippen molar-refractivity contribution < 1.29 is 9.59 Å². The van der Waals surface area contributed by atoms with Crippen LogP contribution < -0.4 is 10.6 Å². The number of hydrogen-bond donors (Lipinski definition) is 3. The van der Waals surface area contributed by atoms with Gasteiger partial charge in [0, 0.05) is 17.7 Å². The van der Waals surface area contributed by atoms with Crippen LogP contribution in [0, 0.1) is 19.8 Å². The maximum atomic E-state index is 12.3. The highest BCUT2D eigenvalue weighted by atomic mass is 16.2. The lowest BCUT2D eigenvalue weighted by molar-refractivity contribution is -0.116. The van der Waals surface area contributed by atoms with E-state index in [1.54, 1.807) is 24.3 Å². The van der Waals surface area contributed by atoms with Gasteiger partial charge in [-0.05, 0) is 44.0 Å². The number of nitrogens with zero attached hydrogens (tertiary/aromatic N) is 1. The molecule has 6 heteroatoms. The molecule has 0 unspecified atom stereocenters. The maximum absolute atomic E-state index is 12.3. The van der Waals surface area contributed by atoms with Crippen molar-refractivity contribution in [2.24, 2.45) is 5.92 Å². The minimum atomic E-state index is -0.211. The van der Waals surface area contributed by atoms with Gasteiger partial charge in [-0.25, -0.2) is 0 Å². The molecule has 0 radical (unpaired) electrons. The Bertz CT molecular complexity index is 682. The van der Waals surface area contributed by atoms with E-state index in [9.17, 15) is 9.59 Å². The fraction of sp³-hybridized carbons (Fsp3) is 0.353. The van der Waals surface area contributed by atoms with Crippen LogP contribution in [0.15, 0.2) is 24.3 Å². The molecule has 0 aliphatic rings. The number of benzene rings is 1. The molecule has 0 atom stereocenters. The first-order valence-electron chi connectivity index (χ1n) is 7.59. The molecule has 2 aromatic rings. The van der Waals surface area contributed by atoms with E-state index >= 15 is 0 Å². The molecule has 1 heterocycles. The zero-order valence-corrected chi connectivity index (χ0v) is 13.9. The Morgan fingerprint density at radius 1 is 1.13 bits per heavy atom. The SMILES string of the molecule is Cc1n[nH]c(C)c1NC(=O)c1ccc(NC(=O)CC(C)C)cc1. The van der Waals surface area contributed by atoms with Gasteiger partial charge < -0.3 is 10.6 Å². The summed E-state index contributed by atoms with van der Waals surface area (Å²) in [6.07, 6.45) is 0.473. The van der Waals surface area contributed by atoms with E-state index in [0.29, 0.717) is 29.3 Å². The fourth-order valence-corrected chi connectivity index (χ4v) is 2.21. The molecule has 0 bridgehead atoms. The molecular formula is C17H22N4O2. The van der Waals surface area contributed by atoms with Gasteiger partial charge in [0.05, 0.1) is 17.1 Å². The van der Waals surface area contributed by atoms with Crippen LogP contribution >= 0.6 is 0 Å². The molecule has 3 N–H and O–H groups in total. The van der Waals surface area contributed by atoms with Crippen LogP contribution in [0.5, 0.6) is 0 Å². The van der Waals surface area contributed by atoms with Crippen LogP contribution in [0.3, 0.4) is 0 Å². The first-order chi connectivity index (χ1) is 10.9. The van der Waals surface area contributed by atoms with Gasteiger partial charge in [0.1, 0.15) is 0 Å². The van der Waals surface area contributed by atoms with Gasteiger partial charge in [0.2, 0.25) is 5.91 Å². The first kappa shape index (κ1) is 16.7. The summed E-state index contributed by atoms with van der Waals surface area (Å²) in [6.45, 7) is 7.66. The third-order valence-corrected chi connectivity index (χ3v) is 3.39. The number of amides is 2. The highest BCUT2D eigenvalue weighted by Gasteiger charge is 2.12. The van der Waals surface area contributed by atoms with Crippen LogP contribution in [-0.4, -0.2) is 22.0 Å². The Hall–Kier alpha value is -2.63. The van der Waals surface area contributed by atoms with Crippen molar-refractivity contribution in [1.82, 2.24) is 10.2 Å². The molecule has 0 aliphatic heterocycles. The summed E-state index contributed by atoms with van der Waals surface area (Å²) in [4.78, 5) is 24.0. The van der Waals surface area contributed by atoms with Gasteiger partial charge in [0.25, 0.3) is 5.91 Å². The summed E-state index contributed by atoms with van der Waals surface area (Å²) in [5.74, 6) is 0.0704. The van der Waals surface area contributed by atoms with Gasteiger partial charge >= 0.3 is 0 Å². The van der Waals surface area contributed by atoms with Gasteiger partial charge in [-0.1, -0.05) is 13.8 Å². The van der Waals surface area contributed by atoms with E-state index in [2.05, 4.69) is 20.8 Å². The van der Waals surface area contributed by atoms with Crippen molar-refractivity contribution in [3.8, 4) is 0 Å². The van der Waals surface area contributed by atoms with Crippen LogP contribution in [0.4, 0.5) is 11.4 Å². The van der Waals surface area contributed by atoms with Gasteiger partial charge in [-0.3, -0.25) is 14.7 Å². The Balaban J connectivity index is 2.02. The third-order valence-electron chi connectivity index (χ3n) is 3.39. The van der Waals surface area contributed by atoms with Crippen molar-refractivity contribution in [3.05, 3.63) is 41.2 Å². The monoisotopic (exact) mass is 314 g/mol. The summed E-state index contributed by atoms with van der Waals surface area (Å²) < 4.78 is 0. The van der Waals surface area contributed by atoms with E-state index in [-0.39, 0.29) is 11.8 Å². The molecule has 122 valence electrons. The lowest BCUT2D eigenvalue weighted by Gasteiger charge is -2.09. The molecule has 1 aromatic heterocycles. The van der Waals surface area contributed by atoms with Gasteiger partial charge in [-0.2, -0.15) is 5.10 Å². The van der Waals surface area contributed by atoms with Gasteiger partial charge in [-0.15, -0.1) is 0 Å². The molecule has 0 saturated carbocycles. The van der Waals surface area contributed by atoms with E-state index in [1.807, 2.05) is 27.7 Å². The minimum absolute atomic E-state index is 0.0261. The lowest BCUT2D eigenvalue weighted by atomic mass is 10.1. The summed E-state index contributed by atoms with van der Waals surface area (Å²) in [6, 6.07) is 6.82. The zero-order chi connectivity index (χ0) is 17.0. The molecule has 23 heavy (non-hydrogen) atoms. The number of nitrogens with one attached hydrogen (secondary N) is 3. The van der Waals surface area contributed by atoms with E-state index < -0.39 is 0 Å². The zero-order valence-electron chi connectivity index (χ0n) is 13.9. The number of aromatic nitrogens is 2. The van der Waals surface area contributed by atoms with E-state index in [1.165, 1.54) is 0 Å². The highest BCUT2D eigenvalue weighted by molar-refractivity contribution is 6.05. The predicted octanol–water partition coefficient (Wildman–Crippen LogP) is 3.26. The quantitative estimate of drug-likeness (QED) is 0.791. The first-order valence-corrected chi connectivity index (χ1v) is 7.59. The summed E-state index contributed by atoms with van der Waals surface area (Å²) in [5.41, 5.74) is 3.46. The summed E-state index contributed by atoms with van der Waals surface area (Å²) >= 11 is 0. The standard InChI is InChI=1S/C17H22N4O2/c1-10(2)9-15(22)18-14-7-5-13(6-8-14)17(23)19-16-11(3)20-21-12(16)4/h5-8,10H,9H2,1-4H3,(H,18,22)(H,19,23)(H,20,21). The smallest absolute Gasteiger partial charge is 0.255 e. The van der Waals surface area contributed by atoms with Crippen molar-refractivity contribution in [2.45, 2.75) is 34.1 Å². The molecule has 0 saturated heterocycles. The van der Waals surface area contributed by atoms with Crippen molar-refractivity contribution in [3.63, 3.8) is 0 Å². The molecule has 2 rings (SSSR count). The fourth-order valence-electron chi connectivity index (χ4n) is 2.21. The molecule has 0 spiro atoms. The Kier molecular flexibility index (Phi) is 5.16. The molecule has 0 aliphatic carbocycles. The number of anilines is 2. The number of H-pyrrole nitrogens is 1. The topological polar surface area (TPSA) is 86.9 Å². The predicted molar refractivity (Wildman–Crippen MR) is 90.5 cm³/mol. The second-order valence-electron chi connectivity index (χ2n) is 5.99. The summed E-state index contributed by atoms with van der Waals surface area (Å²) in [5, 5.41) is 12.5. The average Bonchev–Trinajstić information content (AvgIpc) is 2.79. The number of rotatable bonds is 5. The Morgan fingerprint density at radius 3 is 2.30 bits per heavy atom. The maximum Gasteiger partial charge on any atom is 0.255 e. The molecule has 6 nitrogen and oxygen atoms in total. The largest absolute Gasteiger partial charge is 0.326 e. The number of hydrogen-bond acceptors (Lipinski definition) is 3. The van der Waals surface area contributed by atoms with Crippen LogP contribution in [0.25, 0.3) is 0 Å². The molecule has 2 amide bonds. The molecular weight excluding hydrogens is 292 g/mol. The van der Waals surface area contributed by atoms with Crippen LogP contribution in [0.1, 0.15) is 42.0 Å². The minimum Gasteiger partial charge on any atom is -0.326 e. The average molecular weight is 314 g/mol. The van der Waals surface area contributed by atoms with Crippen LogP contribution in [0.2, 0.25) is 0 Å². The third kappa shape index (κ3) is 4.42. The lowest BCUT2D eigenvalue weighted by Crippen LogP contribution is -2.15. The van der Waals surface area contributed by atoms with Crippen molar-refractivity contribution in [2.75, 3.05) is 10.6 Å². The Morgan fingerprint density at radius 2 is 1.78 bits per heavy atom. The highest BCUT2D eigenvalue weighted by Crippen LogP contribution is 2.18. The van der Waals surface area contributed by atoms with Crippen LogP contribution in [-0.2, 0) is 4.79 Å². The Labute approximate surface area is 135 Å². The summed E-state index contributed by atoms with van der Waals surface area (Å²) in [7, 11) is 0. The van der Waals surface area contributed by atoms with E-state index in [4.69, 9.17) is 0 Å². The second kappa shape index (κ2) is 7.09. The number of carbonyl (C=O) groups excluding carboxylic acids is 2. The normalized spacial score (nSPS) is 10.7. The van der Waals surface area contributed by atoms with Crippen molar-refractivity contribution >= 4 is 23.2 Å². The number of aromatic amines is 1. The number of carbonyl (C=O) groups is 2.